The number of aromatic nitrogens is 5. The van der Waals surface area contributed by atoms with Crippen molar-refractivity contribution >= 4 is 43.6 Å². The summed E-state index contributed by atoms with van der Waals surface area (Å²) in [7, 11) is 0. The first kappa shape index (κ1) is 23.7. The molecule has 0 radical (unpaired) electrons. The highest BCUT2D eigenvalue weighted by atomic mass is 15.4. The van der Waals surface area contributed by atoms with Crippen LogP contribution in [0.3, 0.4) is 0 Å². The summed E-state index contributed by atoms with van der Waals surface area (Å²) in [5.41, 5.74) is 7.31. The van der Waals surface area contributed by atoms with Crippen LogP contribution in [0.2, 0.25) is 0 Å². The van der Waals surface area contributed by atoms with E-state index in [2.05, 4.69) is 124 Å². The smallest absolute Gasteiger partial charge is 0.102 e. The fourth-order valence-corrected chi connectivity index (χ4v) is 6.15. The van der Waals surface area contributed by atoms with Crippen LogP contribution < -0.4 is 0 Å². The molecule has 0 aliphatic carbocycles. The largest absolute Gasteiger partial charge is 0.340 e. The van der Waals surface area contributed by atoms with E-state index in [-0.39, 0.29) is 0 Å². The Morgan fingerprint density at radius 1 is 0.590 bits per heavy atom. The second-order valence-corrected chi connectivity index (χ2v) is 10.6. The maximum atomic E-state index is 4.55. The number of para-hydroxylation sites is 3. The predicted octanol–water partition coefficient (Wildman–Crippen LogP) is 8.17. The van der Waals surface area contributed by atoms with Crippen LogP contribution in [0.4, 0.5) is 0 Å². The molecule has 0 aliphatic rings. The second kappa shape index (κ2) is 10.1. The SMILES string of the molecule is CCCCCCn1c2ccccc2c2cc(Cn3cc(Cn4c5ccccc5c5ccccc54)nn3)ccc21. The molecule has 0 N–H and O–H groups in total. The Kier molecular flexibility index (Phi) is 6.12. The third-order valence-corrected chi connectivity index (χ3v) is 8.00. The van der Waals surface area contributed by atoms with Crippen molar-refractivity contribution in [3.05, 3.63) is 108 Å². The highest BCUT2D eigenvalue weighted by Gasteiger charge is 2.13. The molecule has 0 saturated carbocycles. The van der Waals surface area contributed by atoms with Crippen LogP contribution in [0, 0.1) is 0 Å². The lowest BCUT2D eigenvalue weighted by Crippen LogP contribution is -2.01. The monoisotopic (exact) mass is 511 g/mol. The molecule has 0 spiro atoms. The number of benzene rings is 4. The molecule has 3 heterocycles. The minimum Gasteiger partial charge on any atom is -0.340 e. The van der Waals surface area contributed by atoms with E-state index < -0.39 is 0 Å². The van der Waals surface area contributed by atoms with Gasteiger partial charge in [0.2, 0.25) is 0 Å². The van der Waals surface area contributed by atoms with Crippen molar-refractivity contribution in [2.24, 2.45) is 0 Å². The number of aryl methyl sites for hydroxylation is 1. The van der Waals surface area contributed by atoms with Crippen molar-refractivity contribution in [3.8, 4) is 0 Å². The summed E-state index contributed by atoms with van der Waals surface area (Å²) in [4.78, 5) is 0. The van der Waals surface area contributed by atoms with E-state index >= 15 is 0 Å². The van der Waals surface area contributed by atoms with Gasteiger partial charge in [-0.15, -0.1) is 5.10 Å². The van der Waals surface area contributed by atoms with Gasteiger partial charge in [0.15, 0.2) is 0 Å². The lowest BCUT2D eigenvalue weighted by Gasteiger charge is -2.08. The first-order chi connectivity index (χ1) is 19.3. The summed E-state index contributed by atoms with van der Waals surface area (Å²) in [6.45, 7) is 4.73. The van der Waals surface area contributed by atoms with E-state index in [0.717, 1.165) is 12.2 Å². The Balaban J connectivity index is 1.17. The van der Waals surface area contributed by atoms with Crippen molar-refractivity contribution < 1.29 is 0 Å². The van der Waals surface area contributed by atoms with Crippen LogP contribution in [-0.2, 0) is 19.6 Å². The zero-order valence-corrected chi connectivity index (χ0v) is 22.4. The van der Waals surface area contributed by atoms with Gasteiger partial charge in [-0.2, -0.15) is 0 Å². The van der Waals surface area contributed by atoms with E-state index in [9.17, 15) is 0 Å². The highest BCUT2D eigenvalue weighted by Crippen LogP contribution is 2.31. The average Bonchev–Trinajstić information content (AvgIpc) is 3.65. The van der Waals surface area contributed by atoms with Crippen LogP contribution in [-0.4, -0.2) is 24.1 Å². The van der Waals surface area contributed by atoms with E-state index in [1.165, 1.54) is 74.9 Å². The number of hydrogen-bond acceptors (Lipinski definition) is 2. The molecular formula is C34H33N5. The van der Waals surface area contributed by atoms with Crippen molar-refractivity contribution in [2.75, 3.05) is 0 Å². The summed E-state index contributed by atoms with van der Waals surface area (Å²) >= 11 is 0. The fourth-order valence-electron chi connectivity index (χ4n) is 6.15. The van der Waals surface area contributed by atoms with Crippen molar-refractivity contribution in [1.29, 1.82) is 0 Å². The van der Waals surface area contributed by atoms with Gasteiger partial charge >= 0.3 is 0 Å². The highest BCUT2D eigenvalue weighted by molar-refractivity contribution is 6.09. The van der Waals surface area contributed by atoms with Crippen LogP contribution in [0.25, 0.3) is 43.6 Å². The van der Waals surface area contributed by atoms with Gasteiger partial charge in [-0.25, -0.2) is 4.68 Å². The molecule has 39 heavy (non-hydrogen) atoms. The molecule has 3 aromatic heterocycles. The molecule has 0 atom stereocenters. The molecule has 0 unspecified atom stereocenters. The second-order valence-electron chi connectivity index (χ2n) is 10.6. The number of rotatable bonds is 9. The summed E-state index contributed by atoms with van der Waals surface area (Å²) in [5, 5.41) is 14.3. The van der Waals surface area contributed by atoms with Gasteiger partial charge in [0.1, 0.15) is 5.69 Å². The Morgan fingerprint density at radius 3 is 1.90 bits per heavy atom. The minimum absolute atomic E-state index is 0.693. The Hall–Kier alpha value is -4.38. The summed E-state index contributed by atoms with van der Waals surface area (Å²) < 4.78 is 6.82. The normalized spacial score (nSPS) is 11.9. The first-order valence-corrected chi connectivity index (χ1v) is 14.1. The van der Waals surface area contributed by atoms with E-state index in [4.69, 9.17) is 0 Å². The summed E-state index contributed by atoms with van der Waals surface area (Å²) in [6.07, 6.45) is 7.16. The Bertz CT molecular complexity index is 1870. The first-order valence-electron chi connectivity index (χ1n) is 14.1. The van der Waals surface area contributed by atoms with Gasteiger partial charge in [0, 0.05) is 50.2 Å². The van der Waals surface area contributed by atoms with Crippen LogP contribution in [0.1, 0.15) is 43.9 Å². The van der Waals surface area contributed by atoms with Gasteiger partial charge in [-0.3, -0.25) is 0 Å². The lowest BCUT2D eigenvalue weighted by atomic mass is 10.1. The average molecular weight is 512 g/mol. The van der Waals surface area contributed by atoms with E-state index in [0.29, 0.717) is 13.1 Å². The van der Waals surface area contributed by atoms with E-state index in [1.807, 2.05) is 4.68 Å². The van der Waals surface area contributed by atoms with Crippen molar-refractivity contribution in [3.63, 3.8) is 0 Å². The third-order valence-electron chi connectivity index (χ3n) is 8.00. The summed E-state index contributed by atoms with van der Waals surface area (Å²) in [5.74, 6) is 0. The third kappa shape index (κ3) is 4.28. The Morgan fingerprint density at radius 2 is 1.21 bits per heavy atom. The number of hydrogen-bond donors (Lipinski definition) is 0. The van der Waals surface area contributed by atoms with Crippen LogP contribution in [0.15, 0.2) is 97.2 Å². The maximum Gasteiger partial charge on any atom is 0.102 e. The Labute approximate surface area is 228 Å². The molecule has 0 aliphatic heterocycles. The lowest BCUT2D eigenvalue weighted by molar-refractivity contribution is 0.602. The molecule has 0 bridgehead atoms. The predicted molar refractivity (Wildman–Crippen MR) is 161 cm³/mol. The zero-order valence-electron chi connectivity index (χ0n) is 22.4. The van der Waals surface area contributed by atoms with Gasteiger partial charge in [-0.05, 0) is 42.3 Å². The molecule has 7 rings (SSSR count). The van der Waals surface area contributed by atoms with Gasteiger partial charge < -0.3 is 9.13 Å². The quantitative estimate of drug-likeness (QED) is 0.183. The number of fused-ring (bicyclic) bond motifs is 6. The zero-order chi connectivity index (χ0) is 26.2. The topological polar surface area (TPSA) is 40.6 Å². The number of unbranched alkanes of at least 4 members (excludes halogenated alkanes) is 3. The fraction of sp³-hybridized carbons (Fsp3) is 0.235. The molecule has 194 valence electrons. The van der Waals surface area contributed by atoms with Crippen LogP contribution in [0.5, 0.6) is 0 Å². The van der Waals surface area contributed by atoms with Gasteiger partial charge in [-0.1, -0.05) is 92.1 Å². The molecule has 0 fully saturated rings. The van der Waals surface area contributed by atoms with Crippen LogP contribution >= 0.6 is 0 Å². The van der Waals surface area contributed by atoms with Crippen molar-refractivity contribution in [1.82, 2.24) is 24.1 Å². The maximum absolute atomic E-state index is 4.55. The van der Waals surface area contributed by atoms with Gasteiger partial charge in [0.25, 0.3) is 0 Å². The van der Waals surface area contributed by atoms with E-state index in [1.54, 1.807) is 0 Å². The molecule has 0 saturated heterocycles. The molecule has 5 nitrogen and oxygen atoms in total. The standard InChI is InChI=1S/C34H33N5/c1-2-3-4-11-20-38-31-15-8-7-14-29(31)30-21-25(18-19-34(30)38)22-37-23-26(35-36-37)24-39-32-16-9-5-12-27(32)28-13-6-10-17-33(28)39/h5-10,12-19,21,23H,2-4,11,20,22,24H2,1H3. The molecule has 5 heteroatoms. The van der Waals surface area contributed by atoms with Gasteiger partial charge in [0.05, 0.1) is 19.3 Å². The molecular weight excluding hydrogens is 478 g/mol. The minimum atomic E-state index is 0.693. The number of nitrogens with zero attached hydrogens (tertiary/aromatic N) is 5. The molecule has 7 aromatic rings. The molecule has 0 amide bonds. The van der Waals surface area contributed by atoms with Crippen molar-refractivity contribution in [2.45, 2.75) is 52.2 Å². The molecule has 4 aromatic carbocycles. The summed E-state index contributed by atoms with van der Waals surface area (Å²) in [6, 6.07) is 32.9.